The number of nitrogens with zero attached hydrogens (tertiary/aromatic N) is 1. The van der Waals surface area contributed by atoms with Crippen molar-refractivity contribution < 1.29 is 9.53 Å². The van der Waals surface area contributed by atoms with E-state index in [0.717, 1.165) is 0 Å². The first-order valence-electron chi connectivity index (χ1n) is 5.12. The van der Waals surface area contributed by atoms with Gasteiger partial charge in [-0.1, -0.05) is 17.7 Å². The van der Waals surface area contributed by atoms with Gasteiger partial charge in [0.05, 0.1) is 12.1 Å². The van der Waals surface area contributed by atoms with Gasteiger partial charge in [0.25, 0.3) is 5.56 Å². The molecule has 0 aliphatic carbocycles. The maximum Gasteiger partial charge on any atom is 0.343 e. The highest BCUT2D eigenvalue weighted by molar-refractivity contribution is 6.29. The fraction of sp³-hybridized carbons (Fsp3) is 0.167. The van der Waals surface area contributed by atoms with Gasteiger partial charge in [-0.25, -0.2) is 4.79 Å². The summed E-state index contributed by atoms with van der Waals surface area (Å²) >= 11 is 5.93. The summed E-state index contributed by atoms with van der Waals surface area (Å²) in [5, 5.41) is 0.263. The summed E-state index contributed by atoms with van der Waals surface area (Å²) in [5.41, 5.74) is 0.152. The van der Waals surface area contributed by atoms with Crippen molar-refractivity contribution in [3.05, 3.63) is 51.4 Å². The van der Waals surface area contributed by atoms with Gasteiger partial charge in [0.2, 0.25) is 0 Å². The summed E-state index contributed by atoms with van der Waals surface area (Å²) in [6, 6.07) is 8.17. The van der Waals surface area contributed by atoms with Crippen LogP contribution in [-0.2, 0) is 4.74 Å². The highest BCUT2D eigenvalue weighted by Gasteiger charge is 2.13. The SMILES string of the molecule is CCOC(=O)c1ccc2cccc(Cl)n2c1=O. The van der Waals surface area contributed by atoms with E-state index in [0.29, 0.717) is 5.52 Å². The van der Waals surface area contributed by atoms with E-state index in [9.17, 15) is 9.59 Å². The first-order chi connectivity index (χ1) is 8.15. The first-order valence-corrected chi connectivity index (χ1v) is 5.50. The lowest BCUT2D eigenvalue weighted by Gasteiger charge is -2.05. The molecule has 0 radical (unpaired) electrons. The number of rotatable bonds is 2. The molecule has 2 aromatic rings. The average molecular weight is 252 g/mol. The van der Waals surface area contributed by atoms with Gasteiger partial charge >= 0.3 is 5.97 Å². The van der Waals surface area contributed by atoms with Crippen LogP contribution in [-0.4, -0.2) is 17.0 Å². The Hall–Kier alpha value is -1.81. The Labute approximate surface area is 102 Å². The van der Waals surface area contributed by atoms with Crippen molar-refractivity contribution >= 4 is 23.1 Å². The minimum Gasteiger partial charge on any atom is -0.462 e. The van der Waals surface area contributed by atoms with Crippen molar-refractivity contribution in [1.29, 1.82) is 0 Å². The third-order valence-corrected chi connectivity index (χ3v) is 2.62. The quantitative estimate of drug-likeness (QED) is 0.607. The van der Waals surface area contributed by atoms with Crippen LogP contribution in [0.5, 0.6) is 0 Å². The monoisotopic (exact) mass is 251 g/mol. The molecule has 0 saturated carbocycles. The third kappa shape index (κ3) is 2.03. The molecule has 17 heavy (non-hydrogen) atoms. The number of fused-ring (bicyclic) bond motifs is 1. The second kappa shape index (κ2) is 4.59. The van der Waals surface area contributed by atoms with Gasteiger partial charge in [0.1, 0.15) is 10.7 Å². The van der Waals surface area contributed by atoms with E-state index >= 15 is 0 Å². The lowest BCUT2D eigenvalue weighted by atomic mass is 10.2. The molecule has 0 unspecified atom stereocenters. The molecule has 2 aromatic heterocycles. The lowest BCUT2D eigenvalue weighted by Crippen LogP contribution is -2.23. The summed E-state index contributed by atoms with van der Waals surface area (Å²) in [5.74, 6) is -0.633. The molecular formula is C12H10ClNO3. The summed E-state index contributed by atoms with van der Waals surface area (Å²) in [7, 11) is 0. The Balaban J connectivity index is 2.69. The molecule has 2 rings (SSSR count). The molecule has 0 saturated heterocycles. The fourth-order valence-corrected chi connectivity index (χ4v) is 1.81. The van der Waals surface area contributed by atoms with E-state index in [1.54, 1.807) is 31.2 Å². The summed E-state index contributed by atoms with van der Waals surface area (Å²) in [4.78, 5) is 23.6. The smallest absolute Gasteiger partial charge is 0.343 e. The number of carbonyl (C=O) groups is 1. The first kappa shape index (κ1) is 11.7. The van der Waals surface area contributed by atoms with E-state index in [1.807, 2.05) is 0 Å². The van der Waals surface area contributed by atoms with Crippen LogP contribution in [0.4, 0.5) is 0 Å². The average Bonchev–Trinajstić information content (AvgIpc) is 2.29. The zero-order chi connectivity index (χ0) is 12.4. The minimum atomic E-state index is -0.633. The number of aromatic nitrogens is 1. The van der Waals surface area contributed by atoms with Gasteiger partial charge in [-0.05, 0) is 31.2 Å². The molecule has 0 aromatic carbocycles. The summed E-state index contributed by atoms with van der Waals surface area (Å²) < 4.78 is 6.07. The van der Waals surface area contributed by atoms with Crippen molar-refractivity contribution in [3.8, 4) is 0 Å². The number of pyridine rings is 2. The predicted molar refractivity (Wildman–Crippen MR) is 64.6 cm³/mol. The van der Waals surface area contributed by atoms with Crippen molar-refractivity contribution in [3.63, 3.8) is 0 Å². The second-order valence-corrected chi connectivity index (χ2v) is 3.77. The zero-order valence-electron chi connectivity index (χ0n) is 9.14. The summed E-state index contributed by atoms with van der Waals surface area (Å²) in [6.45, 7) is 1.91. The Morgan fingerprint density at radius 3 is 2.82 bits per heavy atom. The van der Waals surface area contributed by atoms with Gasteiger partial charge in [-0.15, -0.1) is 0 Å². The molecule has 0 bridgehead atoms. The molecule has 0 aliphatic rings. The number of esters is 1. The molecular weight excluding hydrogens is 242 g/mol. The standard InChI is InChI=1S/C12H10ClNO3/c1-2-17-12(16)9-7-6-8-4-3-5-10(13)14(8)11(9)15/h3-7H,2H2,1H3. The zero-order valence-corrected chi connectivity index (χ0v) is 9.90. The highest BCUT2D eigenvalue weighted by atomic mass is 35.5. The van der Waals surface area contributed by atoms with Crippen molar-refractivity contribution in [1.82, 2.24) is 4.40 Å². The van der Waals surface area contributed by atoms with Crippen LogP contribution in [0.15, 0.2) is 35.1 Å². The van der Waals surface area contributed by atoms with Gasteiger partial charge in [-0.3, -0.25) is 9.20 Å². The number of carbonyl (C=O) groups excluding carboxylic acids is 1. The van der Waals surface area contributed by atoms with Crippen molar-refractivity contribution in [2.75, 3.05) is 6.61 Å². The number of hydrogen-bond acceptors (Lipinski definition) is 3. The van der Waals surface area contributed by atoms with E-state index in [4.69, 9.17) is 16.3 Å². The molecule has 2 heterocycles. The largest absolute Gasteiger partial charge is 0.462 e. The van der Waals surface area contributed by atoms with Crippen LogP contribution in [0.3, 0.4) is 0 Å². The van der Waals surface area contributed by atoms with Crippen LogP contribution in [0.25, 0.3) is 5.52 Å². The maximum absolute atomic E-state index is 12.0. The number of ether oxygens (including phenoxy) is 1. The van der Waals surface area contributed by atoms with Gasteiger partial charge in [0, 0.05) is 0 Å². The fourth-order valence-electron chi connectivity index (χ4n) is 1.57. The molecule has 0 spiro atoms. The maximum atomic E-state index is 12.0. The molecule has 0 aliphatic heterocycles. The normalized spacial score (nSPS) is 10.5. The number of hydrogen-bond donors (Lipinski definition) is 0. The van der Waals surface area contributed by atoms with E-state index in [-0.39, 0.29) is 17.3 Å². The van der Waals surface area contributed by atoms with Crippen molar-refractivity contribution in [2.45, 2.75) is 6.92 Å². The van der Waals surface area contributed by atoms with E-state index in [2.05, 4.69) is 0 Å². The van der Waals surface area contributed by atoms with E-state index < -0.39 is 11.5 Å². The van der Waals surface area contributed by atoms with Crippen molar-refractivity contribution in [2.24, 2.45) is 0 Å². The highest BCUT2D eigenvalue weighted by Crippen LogP contribution is 2.11. The van der Waals surface area contributed by atoms with Gasteiger partial charge in [0.15, 0.2) is 0 Å². The second-order valence-electron chi connectivity index (χ2n) is 3.38. The molecule has 4 nitrogen and oxygen atoms in total. The predicted octanol–water partition coefficient (Wildman–Crippen LogP) is 2.13. The van der Waals surface area contributed by atoms with Gasteiger partial charge < -0.3 is 4.74 Å². The van der Waals surface area contributed by atoms with Crippen LogP contribution in [0.1, 0.15) is 17.3 Å². The Kier molecular flexibility index (Phi) is 3.15. The van der Waals surface area contributed by atoms with Gasteiger partial charge in [-0.2, -0.15) is 0 Å². The molecule has 88 valence electrons. The molecule has 0 N–H and O–H groups in total. The van der Waals surface area contributed by atoms with Crippen LogP contribution >= 0.6 is 11.6 Å². The Morgan fingerprint density at radius 1 is 1.35 bits per heavy atom. The molecule has 0 atom stereocenters. The Morgan fingerprint density at radius 2 is 2.12 bits per heavy atom. The molecule has 0 amide bonds. The lowest BCUT2D eigenvalue weighted by molar-refractivity contribution is 0.0524. The minimum absolute atomic E-state index is 0.0162. The number of halogens is 1. The van der Waals surface area contributed by atoms with E-state index in [1.165, 1.54) is 10.5 Å². The van der Waals surface area contributed by atoms with Crippen LogP contribution < -0.4 is 5.56 Å². The molecule has 5 heteroatoms. The summed E-state index contributed by atoms with van der Waals surface area (Å²) in [6.07, 6.45) is 0. The van der Waals surface area contributed by atoms with Crippen LogP contribution in [0.2, 0.25) is 5.15 Å². The Bertz CT molecular complexity index is 633. The third-order valence-electron chi connectivity index (χ3n) is 2.32. The topological polar surface area (TPSA) is 47.8 Å². The molecule has 0 fully saturated rings. The van der Waals surface area contributed by atoms with Crippen LogP contribution in [0, 0.1) is 0 Å².